The number of amides is 1. The standard InChI is InChI=1S/C13H14F3NO.C11H15N/c1-8(13(14,15)16)9-2-4-10(5-3-9)12(18)17-11-6-7-11;1-2-6-10(7-3-1)11-8-4-5-9-12-11/h2-5,8,11H,6-7H2,1H3,(H,17,18);4-5,8-10H,1-3,6-7H2. The van der Waals surface area contributed by atoms with Gasteiger partial charge in [0.2, 0.25) is 0 Å². The van der Waals surface area contributed by atoms with Gasteiger partial charge in [-0.05, 0) is 62.4 Å². The number of alkyl halides is 3. The average Bonchev–Trinajstić information content (AvgIpc) is 3.58. The number of nitrogens with one attached hydrogen (secondary N) is 1. The lowest BCUT2D eigenvalue weighted by Crippen LogP contribution is -2.25. The van der Waals surface area contributed by atoms with E-state index in [0.29, 0.717) is 5.56 Å². The zero-order valence-electron chi connectivity index (χ0n) is 17.3. The van der Waals surface area contributed by atoms with Gasteiger partial charge in [0.15, 0.2) is 0 Å². The highest BCUT2D eigenvalue weighted by Crippen LogP contribution is 2.34. The van der Waals surface area contributed by atoms with E-state index >= 15 is 0 Å². The van der Waals surface area contributed by atoms with Crippen molar-refractivity contribution in [2.24, 2.45) is 0 Å². The first kappa shape index (κ1) is 22.3. The highest BCUT2D eigenvalue weighted by atomic mass is 19.4. The van der Waals surface area contributed by atoms with Gasteiger partial charge in [-0.2, -0.15) is 13.2 Å². The van der Waals surface area contributed by atoms with E-state index in [-0.39, 0.29) is 17.5 Å². The number of pyridine rings is 1. The van der Waals surface area contributed by atoms with Crippen molar-refractivity contribution in [3.05, 3.63) is 65.5 Å². The van der Waals surface area contributed by atoms with Crippen LogP contribution in [-0.4, -0.2) is 23.1 Å². The Morgan fingerprint density at radius 2 is 1.67 bits per heavy atom. The summed E-state index contributed by atoms with van der Waals surface area (Å²) in [5.74, 6) is -0.985. The Labute approximate surface area is 176 Å². The molecule has 0 radical (unpaired) electrons. The summed E-state index contributed by atoms with van der Waals surface area (Å²) in [4.78, 5) is 16.0. The third kappa shape index (κ3) is 6.57. The molecule has 1 atom stereocenters. The van der Waals surface area contributed by atoms with Crippen molar-refractivity contribution < 1.29 is 18.0 Å². The Morgan fingerprint density at radius 3 is 2.20 bits per heavy atom. The summed E-state index contributed by atoms with van der Waals surface area (Å²) in [5, 5.41) is 2.79. The minimum atomic E-state index is -4.25. The van der Waals surface area contributed by atoms with Crippen molar-refractivity contribution in [3.8, 4) is 0 Å². The van der Waals surface area contributed by atoms with Gasteiger partial charge < -0.3 is 5.32 Å². The Balaban J connectivity index is 0.000000184. The van der Waals surface area contributed by atoms with Gasteiger partial charge in [0.25, 0.3) is 5.91 Å². The maximum absolute atomic E-state index is 12.5. The van der Waals surface area contributed by atoms with E-state index in [1.807, 2.05) is 12.3 Å². The number of carbonyl (C=O) groups excluding carboxylic acids is 1. The number of aromatic nitrogens is 1. The molecule has 2 aliphatic carbocycles. The molecule has 2 fully saturated rings. The van der Waals surface area contributed by atoms with Gasteiger partial charge in [-0.3, -0.25) is 9.78 Å². The van der Waals surface area contributed by atoms with E-state index < -0.39 is 12.1 Å². The molecule has 1 heterocycles. The van der Waals surface area contributed by atoms with Gasteiger partial charge in [-0.1, -0.05) is 37.5 Å². The lowest BCUT2D eigenvalue weighted by molar-refractivity contribution is -0.146. The molecule has 0 spiro atoms. The fraction of sp³-hybridized carbons (Fsp3) is 0.500. The predicted molar refractivity (Wildman–Crippen MR) is 111 cm³/mol. The van der Waals surface area contributed by atoms with Crippen LogP contribution in [0.1, 0.15) is 85.3 Å². The second kappa shape index (κ2) is 10.1. The van der Waals surface area contributed by atoms with E-state index in [2.05, 4.69) is 22.4 Å². The number of hydrogen-bond donors (Lipinski definition) is 1. The first-order valence-corrected chi connectivity index (χ1v) is 10.7. The number of hydrogen-bond acceptors (Lipinski definition) is 2. The van der Waals surface area contributed by atoms with Crippen molar-refractivity contribution in [1.29, 1.82) is 0 Å². The topological polar surface area (TPSA) is 42.0 Å². The van der Waals surface area contributed by atoms with Crippen LogP contribution in [0, 0.1) is 0 Å². The fourth-order valence-corrected chi connectivity index (χ4v) is 3.62. The zero-order valence-corrected chi connectivity index (χ0v) is 17.3. The first-order valence-electron chi connectivity index (χ1n) is 10.7. The van der Waals surface area contributed by atoms with Crippen LogP contribution in [0.3, 0.4) is 0 Å². The Morgan fingerprint density at radius 1 is 1.00 bits per heavy atom. The van der Waals surface area contributed by atoms with Crippen LogP contribution in [0.25, 0.3) is 0 Å². The molecule has 2 aliphatic rings. The van der Waals surface area contributed by atoms with E-state index in [9.17, 15) is 18.0 Å². The van der Waals surface area contributed by atoms with E-state index in [1.165, 1.54) is 62.1 Å². The number of halogens is 3. The zero-order chi connectivity index (χ0) is 21.6. The number of nitrogens with zero attached hydrogens (tertiary/aromatic N) is 1. The van der Waals surface area contributed by atoms with Crippen LogP contribution < -0.4 is 5.32 Å². The second-order valence-electron chi connectivity index (χ2n) is 8.22. The summed E-state index contributed by atoms with van der Waals surface area (Å²) < 4.78 is 37.5. The molecule has 1 aromatic carbocycles. The van der Waals surface area contributed by atoms with Gasteiger partial charge >= 0.3 is 6.18 Å². The Bertz CT molecular complexity index is 795. The molecule has 1 N–H and O–H groups in total. The second-order valence-corrected chi connectivity index (χ2v) is 8.22. The van der Waals surface area contributed by atoms with Crippen LogP contribution >= 0.6 is 0 Å². The lowest BCUT2D eigenvalue weighted by Gasteiger charge is -2.20. The van der Waals surface area contributed by atoms with E-state index in [1.54, 1.807) is 0 Å². The van der Waals surface area contributed by atoms with E-state index in [4.69, 9.17) is 0 Å². The van der Waals surface area contributed by atoms with Crippen molar-refractivity contribution in [2.45, 2.75) is 75.9 Å². The minimum Gasteiger partial charge on any atom is -0.349 e. The predicted octanol–water partition coefficient (Wildman–Crippen LogP) is 6.37. The third-order valence-electron chi connectivity index (χ3n) is 5.79. The van der Waals surface area contributed by atoms with Crippen molar-refractivity contribution >= 4 is 5.91 Å². The average molecular weight is 419 g/mol. The largest absolute Gasteiger partial charge is 0.395 e. The molecular weight excluding hydrogens is 389 g/mol. The summed E-state index contributed by atoms with van der Waals surface area (Å²) in [6.45, 7) is 1.11. The van der Waals surface area contributed by atoms with Crippen LogP contribution in [0.2, 0.25) is 0 Å². The van der Waals surface area contributed by atoms with Gasteiger partial charge in [0.05, 0.1) is 5.92 Å². The molecule has 2 aromatic rings. The molecule has 30 heavy (non-hydrogen) atoms. The smallest absolute Gasteiger partial charge is 0.349 e. The molecule has 1 unspecified atom stereocenters. The molecule has 0 saturated heterocycles. The van der Waals surface area contributed by atoms with E-state index in [0.717, 1.165) is 25.7 Å². The highest BCUT2D eigenvalue weighted by Gasteiger charge is 2.37. The fourth-order valence-electron chi connectivity index (χ4n) is 3.62. The summed E-state index contributed by atoms with van der Waals surface area (Å²) in [7, 11) is 0. The SMILES string of the molecule is CC(c1ccc(C(=O)NC2CC2)cc1)C(F)(F)F.c1ccc(C2CCCCC2)nc1. The molecule has 6 heteroatoms. The van der Waals surface area contributed by atoms with Crippen molar-refractivity contribution in [3.63, 3.8) is 0 Å². The highest BCUT2D eigenvalue weighted by molar-refractivity contribution is 5.94. The normalized spacial score (nSPS) is 18.1. The Hall–Kier alpha value is -2.37. The third-order valence-corrected chi connectivity index (χ3v) is 5.79. The maximum atomic E-state index is 12.5. The van der Waals surface area contributed by atoms with Crippen LogP contribution in [0.15, 0.2) is 48.7 Å². The summed E-state index contributed by atoms with van der Waals surface area (Å²) in [6, 6.07) is 12.1. The number of benzene rings is 1. The van der Waals surface area contributed by atoms with Gasteiger partial charge in [-0.15, -0.1) is 0 Å². The Kier molecular flexibility index (Phi) is 7.51. The van der Waals surface area contributed by atoms with Crippen LogP contribution in [0.4, 0.5) is 13.2 Å². The molecule has 2 saturated carbocycles. The monoisotopic (exact) mass is 418 g/mol. The van der Waals surface area contributed by atoms with Gasteiger partial charge in [0, 0.05) is 29.4 Å². The molecule has 3 nitrogen and oxygen atoms in total. The van der Waals surface area contributed by atoms with Crippen molar-refractivity contribution in [2.75, 3.05) is 0 Å². The molecule has 1 aromatic heterocycles. The molecule has 162 valence electrons. The molecule has 1 amide bonds. The summed E-state index contributed by atoms with van der Waals surface area (Å²) in [6.07, 6.45) is 6.51. The lowest BCUT2D eigenvalue weighted by atomic mass is 9.87. The molecule has 0 bridgehead atoms. The summed E-state index contributed by atoms with van der Waals surface area (Å²) in [5.41, 5.74) is 1.88. The van der Waals surface area contributed by atoms with Gasteiger partial charge in [-0.25, -0.2) is 0 Å². The molecule has 4 rings (SSSR count). The minimum absolute atomic E-state index is 0.172. The van der Waals surface area contributed by atoms with Gasteiger partial charge in [0.1, 0.15) is 0 Å². The number of rotatable bonds is 4. The quantitative estimate of drug-likeness (QED) is 0.626. The van der Waals surface area contributed by atoms with Crippen LogP contribution in [0.5, 0.6) is 0 Å². The maximum Gasteiger partial charge on any atom is 0.395 e. The molecule has 0 aliphatic heterocycles. The summed E-state index contributed by atoms with van der Waals surface area (Å²) >= 11 is 0. The molecular formula is C24H29F3N2O. The number of carbonyl (C=O) groups is 1. The van der Waals surface area contributed by atoms with Crippen LogP contribution in [-0.2, 0) is 0 Å². The van der Waals surface area contributed by atoms with Crippen molar-refractivity contribution in [1.82, 2.24) is 10.3 Å². The first-order chi connectivity index (χ1) is 14.3.